The quantitative estimate of drug-likeness (QED) is 0.634. The molecule has 2 aromatic rings. The summed E-state index contributed by atoms with van der Waals surface area (Å²) in [5.41, 5.74) is 2.15. The first-order valence-corrected chi connectivity index (χ1v) is 4.95. The number of nitrogens with one attached hydrogen (secondary N) is 1. The molecular formula is C11H11N3O2. The summed E-state index contributed by atoms with van der Waals surface area (Å²) >= 11 is 0. The number of H-pyrrole nitrogens is 1. The Balaban J connectivity index is 2.75. The molecule has 1 aromatic heterocycles. The first-order chi connectivity index (χ1) is 7.65. The Hall–Kier alpha value is -2.17. The Labute approximate surface area is 92.0 Å². The number of aromatic amines is 1. The number of benzene rings is 1. The molecule has 0 aliphatic heterocycles. The lowest BCUT2D eigenvalue weighted by molar-refractivity contribution is -0.384. The van der Waals surface area contributed by atoms with E-state index in [0.717, 1.165) is 17.8 Å². The van der Waals surface area contributed by atoms with Gasteiger partial charge in [-0.15, -0.1) is 0 Å². The molecule has 0 unspecified atom stereocenters. The molecule has 0 spiro atoms. The Kier molecular flexibility index (Phi) is 2.44. The minimum absolute atomic E-state index is 0.0497. The van der Waals surface area contributed by atoms with Crippen LogP contribution in [0.4, 0.5) is 5.69 Å². The van der Waals surface area contributed by atoms with Crippen LogP contribution in [-0.4, -0.2) is 14.9 Å². The Morgan fingerprint density at radius 3 is 2.94 bits per heavy atom. The summed E-state index contributed by atoms with van der Waals surface area (Å²) in [5, 5.41) is 10.7. The van der Waals surface area contributed by atoms with Gasteiger partial charge in [0, 0.05) is 24.1 Å². The molecule has 0 amide bonds. The summed E-state index contributed by atoms with van der Waals surface area (Å²) in [4.78, 5) is 17.7. The third-order valence-corrected chi connectivity index (χ3v) is 2.42. The summed E-state index contributed by atoms with van der Waals surface area (Å²) in [6.07, 6.45) is 2.34. The van der Waals surface area contributed by atoms with Gasteiger partial charge in [-0.2, -0.15) is 0 Å². The number of imidazole rings is 1. The van der Waals surface area contributed by atoms with Crippen LogP contribution in [0.15, 0.2) is 18.7 Å². The summed E-state index contributed by atoms with van der Waals surface area (Å²) in [6.45, 7) is 5.61. The molecule has 1 heterocycles. The van der Waals surface area contributed by atoms with Crippen molar-refractivity contribution in [2.75, 3.05) is 0 Å². The molecule has 2 rings (SSSR count). The van der Waals surface area contributed by atoms with Crippen molar-refractivity contribution in [3.63, 3.8) is 0 Å². The lowest BCUT2D eigenvalue weighted by Crippen LogP contribution is -1.89. The Bertz CT molecular complexity index is 572. The molecular weight excluding hydrogens is 206 g/mol. The number of fused-ring (bicyclic) bond motifs is 1. The second-order valence-corrected chi connectivity index (χ2v) is 3.43. The van der Waals surface area contributed by atoms with E-state index in [1.165, 1.54) is 12.1 Å². The van der Waals surface area contributed by atoms with E-state index in [1.54, 1.807) is 6.08 Å². The second-order valence-electron chi connectivity index (χ2n) is 3.43. The van der Waals surface area contributed by atoms with Gasteiger partial charge in [-0.1, -0.05) is 19.6 Å². The molecule has 0 saturated carbocycles. The van der Waals surface area contributed by atoms with Crippen LogP contribution in [0, 0.1) is 10.1 Å². The fourth-order valence-corrected chi connectivity index (χ4v) is 1.61. The number of nitrogens with zero attached hydrogens (tertiary/aromatic N) is 2. The van der Waals surface area contributed by atoms with Gasteiger partial charge >= 0.3 is 0 Å². The maximum atomic E-state index is 10.7. The van der Waals surface area contributed by atoms with Crippen LogP contribution >= 0.6 is 0 Å². The molecule has 5 heteroatoms. The molecule has 0 fully saturated rings. The number of non-ortho nitro benzene ring substituents is 1. The first kappa shape index (κ1) is 10.4. The molecule has 1 N–H and O–H groups in total. The zero-order chi connectivity index (χ0) is 11.7. The van der Waals surface area contributed by atoms with Gasteiger partial charge in [0.2, 0.25) is 0 Å². The first-order valence-electron chi connectivity index (χ1n) is 4.95. The fraction of sp³-hybridized carbons (Fsp3) is 0.182. The van der Waals surface area contributed by atoms with E-state index >= 15 is 0 Å². The maximum Gasteiger partial charge on any atom is 0.272 e. The van der Waals surface area contributed by atoms with E-state index in [9.17, 15) is 10.1 Å². The monoisotopic (exact) mass is 217 g/mol. The average Bonchev–Trinajstić information content (AvgIpc) is 2.70. The third-order valence-electron chi connectivity index (χ3n) is 2.42. The summed E-state index contributed by atoms with van der Waals surface area (Å²) in [5.74, 6) is 0.818. The second kappa shape index (κ2) is 3.77. The van der Waals surface area contributed by atoms with Crippen LogP contribution in [0.5, 0.6) is 0 Å². The van der Waals surface area contributed by atoms with Crippen molar-refractivity contribution in [1.82, 2.24) is 9.97 Å². The van der Waals surface area contributed by atoms with Crippen molar-refractivity contribution in [1.29, 1.82) is 0 Å². The van der Waals surface area contributed by atoms with E-state index in [1.807, 2.05) is 6.92 Å². The van der Waals surface area contributed by atoms with Crippen LogP contribution in [0.3, 0.4) is 0 Å². The van der Waals surface area contributed by atoms with Gasteiger partial charge in [-0.3, -0.25) is 10.1 Å². The predicted molar refractivity (Wildman–Crippen MR) is 62.2 cm³/mol. The van der Waals surface area contributed by atoms with Crippen molar-refractivity contribution in [3.8, 4) is 0 Å². The van der Waals surface area contributed by atoms with Gasteiger partial charge in [0.25, 0.3) is 5.69 Å². The van der Waals surface area contributed by atoms with Gasteiger partial charge in [0.05, 0.1) is 16.0 Å². The molecule has 5 nitrogen and oxygen atoms in total. The minimum atomic E-state index is -0.418. The number of nitro benzene ring substituents is 1. The molecule has 82 valence electrons. The topological polar surface area (TPSA) is 71.8 Å². The normalized spacial score (nSPS) is 10.6. The SMILES string of the molecule is C=Cc1cc([N+](=O)[O-])cc2[nH]c(CC)nc12. The standard InChI is InChI=1S/C11H11N3O2/c1-3-7-5-8(14(15)16)6-9-11(7)13-10(4-2)12-9/h3,5-6H,1,4H2,2H3,(H,12,13). The van der Waals surface area contributed by atoms with Crippen molar-refractivity contribution in [2.45, 2.75) is 13.3 Å². The van der Waals surface area contributed by atoms with E-state index in [0.29, 0.717) is 11.1 Å². The van der Waals surface area contributed by atoms with E-state index in [-0.39, 0.29) is 5.69 Å². The highest BCUT2D eigenvalue weighted by Crippen LogP contribution is 2.24. The fourth-order valence-electron chi connectivity index (χ4n) is 1.61. The molecule has 16 heavy (non-hydrogen) atoms. The minimum Gasteiger partial charge on any atom is -0.342 e. The van der Waals surface area contributed by atoms with Crippen molar-refractivity contribution >= 4 is 22.8 Å². The van der Waals surface area contributed by atoms with Gasteiger partial charge in [0.1, 0.15) is 5.82 Å². The van der Waals surface area contributed by atoms with Crippen LogP contribution in [0.2, 0.25) is 0 Å². The number of aromatic nitrogens is 2. The van der Waals surface area contributed by atoms with Crippen molar-refractivity contribution < 1.29 is 4.92 Å². The Morgan fingerprint density at radius 1 is 1.62 bits per heavy atom. The molecule has 0 aliphatic carbocycles. The lowest BCUT2D eigenvalue weighted by atomic mass is 10.1. The van der Waals surface area contributed by atoms with Gasteiger partial charge in [-0.25, -0.2) is 4.98 Å². The molecule has 0 saturated heterocycles. The van der Waals surface area contributed by atoms with Crippen LogP contribution in [-0.2, 0) is 6.42 Å². The lowest BCUT2D eigenvalue weighted by Gasteiger charge is -1.95. The highest BCUT2D eigenvalue weighted by atomic mass is 16.6. The van der Waals surface area contributed by atoms with E-state index in [2.05, 4.69) is 16.5 Å². The molecule has 0 radical (unpaired) electrons. The summed E-state index contributed by atoms with van der Waals surface area (Å²) < 4.78 is 0. The summed E-state index contributed by atoms with van der Waals surface area (Å²) in [6, 6.07) is 2.98. The van der Waals surface area contributed by atoms with E-state index in [4.69, 9.17) is 0 Å². The van der Waals surface area contributed by atoms with Crippen LogP contribution < -0.4 is 0 Å². The third kappa shape index (κ3) is 1.56. The predicted octanol–water partition coefficient (Wildman–Crippen LogP) is 2.68. The highest BCUT2D eigenvalue weighted by molar-refractivity contribution is 5.87. The zero-order valence-corrected chi connectivity index (χ0v) is 8.86. The molecule has 0 aliphatic rings. The Morgan fingerprint density at radius 2 is 2.38 bits per heavy atom. The highest BCUT2D eigenvalue weighted by Gasteiger charge is 2.12. The average molecular weight is 217 g/mol. The number of aryl methyl sites for hydroxylation is 1. The van der Waals surface area contributed by atoms with Gasteiger partial charge in [-0.05, 0) is 0 Å². The van der Waals surface area contributed by atoms with Crippen LogP contribution in [0.1, 0.15) is 18.3 Å². The zero-order valence-electron chi connectivity index (χ0n) is 8.86. The smallest absolute Gasteiger partial charge is 0.272 e. The van der Waals surface area contributed by atoms with Crippen LogP contribution in [0.25, 0.3) is 17.1 Å². The molecule has 0 bridgehead atoms. The number of rotatable bonds is 3. The number of hydrogen-bond acceptors (Lipinski definition) is 3. The maximum absolute atomic E-state index is 10.7. The summed E-state index contributed by atoms with van der Waals surface area (Å²) in [7, 11) is 0. The van der Waals surface area contributed by atoms with E-state index < -0.39 is 4.92 Å². The van der Waals surface area contributed by atoms with Crippen molar-refractivity contribution in [3.05, 3.63) is 40.2 Å². The number of hydrogen-bond donors (Lipinski definition) is 1. The van der Waals surface area contributed by atoms with Gasteiger partial charge < -0.3 is 4.98 Å². The van der Waals surface area contributed by atoms with Gasteiger partial charge in [0.15, 0.2) is 0 Å². The number of nitro groups is 1. The molecule has 0 atom stereocenters. The van der Waals surface area contributed by atoms with Crippen molar-refractivity contribution in [2.24, 2.45) is 0 Å². The largest absolute Gasteiger partial charge is 0.342 e. The molecule has 1 aromatic carbocycles.